The molecule has 0 radical (unpaired) electrons. The Hall–Kier alpha value is -3.09. The largest absolute Gasteiger partial charge is 0.508 e. The van der Waals surface area contributed by atoms with Gasteiger partial charge in [-0.3, -0.25) is 9.69 Å². The van der Waals surface area contributed by atoms with Crippen molar-refractivity contribution >= 4 is 46.0 Å². The molecule has 1 aliphatic rings. The van der Waals surface area contributed by atoms with Gasteiger partial charge in [0.05, 0.1) is 10.6 Å². The van der Waals surface area contributed by atoms with Gasteiger partial charge in [0, 0.05) is 0 Å². The second kappa shape index (κ2) is 7.88. The van der Waals surface area contributed by atoms with E-state index in [1.807, 2.05) is 36.4 Å². The number of aromatic hydroxyl groups is 1. The first-order chi connectivity index (χ1) is 13.6. The van der Waals surface area contributed by atoms with Gasteiger partial charge in [-0.1, -0.05) is 54.3 Å². The van der Waals surface area contributed by atoms with Gasteiger partial charge < -0.3 is 9.84 Å². The molecule has 6 heteroatoms. The highest BCUT2D eigenvalue weighted by molar-refractivity contribution is 8.27. The molecule has 1 aliphatic heterocycles. The predicted octanol–water partition coefficient (Wildman–Crippen LogP) is 5.59. The number of hydrogen-bond acceptors (Lipinski definition) is 5. The number of thioether (sulfide) groups is 1. The number of phenolic OH excluding ortho intramolecular Hbond substituents is 1. The zero-order chi connectivity index (χ0) is 19.5. The van der Waals surface area contributed by atoms with Crippen LogP contribution in [-0.2, 0) is 4.79 Å². The van der Waals surface area contributed by atoms with E-state index >= 15 is 0 Å². The van der Waals surface area contributed by atoms with Crippen LogP contribution in [0.25, 0.3) is 6.08 Å². The lowest BCUT2D eigenvalue weighted by molar-refractivity contribution is -0.113. The zero-order valence-corrected chi connectivity index (χ0v) is 16.2. The summed E-state index contributed by atoms with van der Waals surface area (Å²) in [5, 5.41) is 9.60. The molecule has 1 N–H and O–H groups in total. The van der Waals surface area contributed by atoms with Crippen LogP contribution in [0.1, 0.15) is 5.56 Å². The van der Waals surface area contributed by atoms with Gasteiger partial charge in [-0.2, -0.15) is 0 Å². The Morgan fingerprint density at radius 2 is 1.64 bits per heavy atom. The molecule has 0 unspecified atom stereocenters. The number of carbonyl (C=O) groups excluding carboxylic acids is 1. The van der Waals surface area contributed by atoms with Crippen LogP contribution >= 0.6 is 24.0 Å². The molecule has 0 saturated carbocycles. The van der Waals surface area contributed by atoms with Crippen LogP contribution in [0, 0.1) is 0 Å². The third-order valence-electron chi connectivity index (χ3n) is 4.04. The fraction of sp³-hybridized carbons (Fsp3) is 0. The van der Waals surface area contributed by atoms with Crippen LogP contribution in [0.4, 0.5) is 5.69 Å². The summed E-state index contributed by atoms with van der Waals surface area (Å²) in [4.78, 5) is 14.9. The zero-order valence-electron chi connectivity index (χ0n) is 14.6. The molecule has 28 heavy (non-hydrogen) atoms. The molecule has 0 bridgehead atoms. The highest BCUT2D eigenvalue weighted by Gasteiger charge is 2.33. The van der Waals surface area contributed by atoms with Crippen molar-refractivity contribution in [1.82, 2.24) is 0 Å². The lowest BCUT2D eigenvalue weighted by Crippen LogP contribution is -2.27. The van der Waals surface area contributed by atoms with Crippen LogP contribution in [-0.4, -0.2) is 15.3 Å². The molecule has 138 valence electrons. The summed E-state index contributed by atoms with van der Waals surface area (Å²) in [7, 11) is 0. The smallest absolute Gasteiger partial charge is 0.270 e. The minimum absolute atomic E-state index is 0.151. The van der Waals surface area contributed by atoms with Crippen molar-refractivity contribution in [2.24, 2.45) is 0 Å². The Morgan fingerprint density at radius 3 is 2.36 bits per heavy atom. The molecule has 1 amide bonds. The first-order valence-corrected chi connectivity index (χ1v) is 9.72. The second-order valence-electron chi connectivity index (χ2n) is 6.02. The van der Waals surface area contributed by atoms with Crippen molar-refractivity contribution in [3.05, 3.63) is 89.3 Å². The molecule has 0 aliphatic carbocycles. The van der Waals surface area contributed by atoms with Crippen molar-refractivity contribution in [3.8, 4) is 17.2 Å². The molecule has 4 nitrogen and oxygen atoms in total. The number of ether oxygens (including phenoxy) is 1. The summed E-state index contributed by atoms with van der Waals surface area (Å²) in [5.41, 5.74) is 1.43. The van der Waals surface area contributed by atoms with Crippen LogP contribution in [0.5, 0.6) is 17.2 Å². The van der Waals surface area contributed by atoms with E-state index in [-0.39, 0.29) is 11.7 Å². The number of nitrogens with zero attached hydrogens (tertiary/aromatic N) is 1. The molecule has 0 aromatic heterocycles. The normalized spacial score (nSPS) is 15.3. The average molecular weight is 406 g/mol. The van der Waals surface area contributed by atoms with Gasteiger partial charge in [0.15, 0.2) is 4.32 Å². The number of carbonyl (C=O) groups is 1. The van der Waals surface area contributed by atoms with Crippen molar-refractivity contribution in [2.75, 3.05) is 4.90 Å². The number of amides is 1. The molecule has 0 atom stereocenters. The number of hydrogen-bond donors (Lipinski definition) is 1. The van der Waals surface area contributed by atoms with E-state index in [1.165, 1.54) is 16.7 Å². The minimum Gasteiger partial charge on any atom is -0.508 e. The van der Waals surface area contributed by atoms with Crippen molar-refractivity contribution in [3.63, 3.8) is 0 Å². The van der Waals surface area contributed by atoms with Crippen LogP contribution < -0.4 is 9.64 Å². The van der Waals surface area contributed by atoms with Crippen LogP contribution in [0.2, 0.25) is 0 Å². The lowest BCUT2D eigenvalue weighted by Gasteiger charge is -2.15. The van der Waals surface area contributed by atoms with Gasteiger partial charge >= 0.3 is 0 Å². The Bertz CT molecular complexity index is 1060. The number of phenols is 1. The fourth-order valence-electron chi connectivity index (χ4n) is 2.74. The van der Waals surface area contributed by atoms with E-state index < -0.39 is 0 Å². The summed E-state index contributed by atoms with van der Waals surface area (Å²) >= 11 is 6.64. The van der Waals surface area contributed by atoms with E-state index in [0.717, 1.165) is 11.3 Å². The maximum Gasteiger partial charge on any atom is 0.270 e. The molecule has 1 heterocycles. The summed E-state index contributed by atoms with van der Waals surface area (Å²) in [6.45, 7) is 0. The van der Waals surface area contributed by atoms with E-state index in [9.17, 15) is 9.90 Å². The van der Waals surface area contributed by atoms with E-state index in [1.54, 1.807) is 48.5 Å². The van der Waals surface area contributed by atoms with E-state index in [4.69, 9.17) is 17.0 Å². The van der Waals surface area contributed by atoms with Gasteiger partial charge in [-0.25, -0.2) is 0 Å². The van der Waals surface area contributed by atoms with E-state index in [0.29, 0.717) is 20.7 Å². The predicted molar refractivity (Wildman–Crippen MR) is 117 cm³/mol. The van der Waals surface area contributed by atoms with E-state index in [2.05, 4.69) is 0 Å². The highest BCUT2D eigenvalue weighted by atomic mass is 32.2. The number of para-hydroxylation sites is 1. The van der Waals surface area contributed by atoms with Gasteiger partial charge in [0.1, 0.15) is 17.2 Å². The van der Waals surface area contributed by atoms with Crippen molar-refractivity contribution in [2.45, 2.75) is 0 Å². The quantitative estimate of drug-likeness (QED) is 0.453. The standard InChI is InChI=1S/C22H15NO3S2/c24-17-6-4-5-15(13-17)14-20-21(25)23(22(27)28-20)16-9-11-19(12-10-16)26-18-7-2-1-3-8-18/h1-14,24H/b20-14-. The maximum absolute atomic E-state index is 12.8. The SMILES string of the molecule is O=C1/C(=C/c2cccc(O)c2)SC(=S)N1c1ccc(Oc2ccccc2)cc1. The average Bonchev–Trinajstić information content (AvgIpc) is 2.97. The lowest BCUT2D eigenvalue weighted by atomic mass is 10.2. The van der Waals surface area contributed by atoms with Crippen molar-refractivity contribution < 1.29 is 14.6 Å². The second-order valence-corrected chi connectivity index (χ2v) is 7.70. The van der Waals surface area contributed by atoms with Crippen LogP contribution in [0.15, 0.2) is 83.8 Å². The van der Waals surface area contributed by atoms with Crippen LogP contribution in [0.3, 0.4) is 0 Å². The first kappa shape index (κ1) is 18.3. The number of benzene rings is 3. The summed E-state index contributed by atoms with van der Waals surface area (Å²) in [5.74, 6) is 1.39. The Kier molecular flexibility index (Phi) is 5.14. The van der Waals surface area contributed by atoms with Gasteiger partial charge in [-0.15, -0.1) is 0 Å². The minimum atomic E-state index is -0.185. The highest BCUT2D eigenvalue weighted by Crippen LogP contribution is 2.37. The summed E-state index contributed by atoms with van der Waals surface area (Å²) < 4.78 is 6.25. The summed E-state index contributed by atoms with van der Waals surface area (Å²) in [6.07, 6.45) is 1.73. The van der Waals surface area contributed by atoms with Crippen molar-refractivity contribution in [1.29, 1.82) is 0 Å². The van der Waals surface area contributed by atoms with Gasteiger partial charge in [-0.05, 0) is 60.2 Å². The summed E-state index contributed by atoms with van der Waals surface area (Å²) in [6, 6.07) is 23.4. The number of thiocarbonyl (C=S) groups is 1. The van der Waals surface area contributed by atoms with Gasteiger partial charge in [0.2, 0.25) is 0 Å². The molecule has 1 saturated heterocycles. The Balaban J connectivity index is 1.54. The Morgan fingerprint density at radius 1 is 0.929 bits per heavy atom. The molecule has 0 spiro atoms. The molecule has 3 aromatic carbocycles. The number of anilines is 1. The monoisotopic (exact) mass is 405 g/mol. The third-order valence-corrected chi connectivity index (χ3v) is 5.34. The molecule has 4 rings (SSSR count). The molecular formula is C22H15NO3S2. The maximum atomic E-state index is 12.8. The number of rotatable bonds is 4. The van der Waals surface area contributed by atoms with Gasteiger partial charge in [0.25, 0.3) is 5.91 Å². The third kappa shape index (κ3) is 3.93. The molecular weight excluding hydrogens is 390 g/mol. The topological polar surface area (TPSA) is 49.8 Å². The fourth-order valence-corrected chi connectivity index (χ4v) is 4.04. The Labute approximate surface area is 172 Å². The first-order valence-electron chi connectivity index (χ1n) is 8.50. The molecule has 1 fully saturated rings. The molecule has 3 aromatic rings.